The zero-order valence-electron chi connectivity index (χ0n) is 8.94. The van der Waals surface area contributed by atoms with Crippen LogP contribution in [0.3, 0.4) is 0 Å². The van der Waals surface area contributed by atoms with Crippen LogP contribution in [0.15, 0.2) is 0 Å². The summed E-state index contributed by atoms with van der Waals surface area (Å²) in [5, 5.41) is 10.7. The van der Waals surface area contributed by atoms with Crippen LogP contribution in [-0.4, -0.2) is 36.1 Å². The number of nitrogens with one attached hydrogen (secondary N) is 1. The lowest BCUT2D eigenvalue weighted by Gasteiger charge is -2.19. The molecule has 1 amide bonds. The molecule has 2 N–H and O–H groups in total. The molecule has 0 saturated carbocycles. The molecule has 0 aromatic rings. The van der Waals surface area contributed by atoms with E-state index >= 15 is 0 Å². The van der Waals surface area contributed by atoms with E-state index in [1.807, 2.05) is 0 Å². The highest BCUT2D eigenvalue weighted by molar-refractivity contribution is 5.95. The number of ether oxygens (including phenoxy) is 1. The van der Waals surface area contributed by atoms with E-state index in [0.29, 0.717) is 0 Å². The molecular weight excluding hydrogens is 202 g/mol. The zero-order chi connectivity index (χ0) is 12.0. The minimum atomic E-state index is -1.24. The Hall–Kier alpha value is -1.59. The Balaban J connectivity index is 4.35. The minimum absolute atomic E-state index is 0.157. The van der Waals surface area contributed by atoms with Gasteiger partial charge in [-0.3, -0.25) is 9.59 Å². The number of carboxylic acids is 1. The van der Waals surface area contributed by atoms with Crippen molar-refractivity contribution in [1.82, 2.24) is 5.32 Å². The third kappa shape index (κ3) is 4.99. The summed E-state index contributed by atoms with van der Waals surface area (Å²) < 4.78 is 4.48. The summed E-state index contributed by atoms with van der Waals surface area (Å²) in [7, 11) is 1.21. The van der Waals surface area contributed by atoms with Gasteiger partial charge in [-0.15, -0.1) is 0 Å². The van der Waals surface area contributed by atoms with Gasteiger partial charge in [0.1, 0.15) is 12.5 Å². The van der Waals surface area contributed by atoms with Crippen LogP contribution >= 0.6 is 0 Å². The molecule has 0 aromatic carbocycles. The zero-order valence-corrected chi connectivity index (χ0v) is 8.94. The molecule has 15 heavy (non-hydrogen) atoms. The molecule has 0 saturated heterocycles. The second-order valence-electron chi connectivity index (χ2n) is 3.38. The summed E-state index contributed by atoms with van der Waals surface area (Å²) in [5.41, 5.74) is 0. The van der Waals surface area contributed by atoms with E-state index in [9.17, 15) is 14.4 Å². The number of amides is 1. The summed E-state index contributed by atoms with van der Waals surface area (Å²) in [5.74, 6) is -2.68. The molecule has 0 spiro atoms. The maximum Gasteiger partial charge on any atom is 0.328 e. The predicted molar refractivity (Wildman–Crippen MR) is 51.0 cm³/mol. The first-order valence-electron chi connectivity index (χ1n) is 4.47. The minimum Gasteiger partial charge on any atom is -0.481 e. The van der Waals surface area contributed by atoms with Crippen LogP contribution in [0.5, 0.6) is 0 Å². The number of carbonyl (C=O) groups is 3. The fourth-order valence-corrected chi connectivity index (χ4v) is 0.987. The van der Waals surface area contributed by atoms with Crippen molar-refractivity contribution >= 4 is 17.8 Å². The lowest BCUT2D eigenvalue weighted by Crippen LogP contribution is -2.45. The number of methoxy groups -OCH3 is 1. The molecule has 1 unspecified atom stereocenters. The quantitative estimate of drug-likeness (QED) is 0.490. The Morgan fingerprint density at radius 3 is 2.20 bits per heavy atom. The van der Waals surface area contributed by atoms with Crippen LogP contribution in [0.2, 0.25) is 0 Å². The third-order valence-corrected chi connectivity index (χ3v) is 1.75. The average molecular weight is 217 g/mol. The normalized spacial score (nSPS) is 12.0. The van der Waals surface area contributed by atoms with Gasteiger partial charge in [0.15, 0.2) is 0 Å². The number of carboxylic acid groups (broad SMARTS) is 1. The van der Waals surface area contributed by atoms with E-state index in [1.165, 1.54) is 7.11 Å². The van der Waals surface area contributed by atoms with Gasteiger partial charge in [0.05, 0.1) is 7.11 Å². The number of aliphatic carboxylic acids is 1. The summed E-state index contributed by atoms with van der Waals surface area (Å²) in [6.45, 7) is 3.45. The van der Waals surface area contributed by atoms with Crippen LogP contribution in [0.25, 0.3) is 0 Å². The molecule has 0 heterocycles. The monoisotopic (exact) mass is 217 g/mol. The molecule has 0 rings (SSSR count). The molecule has 0 aromatic heterocycles. The molecule has 0 aliphatic heterocycles. The number of esters is 1. The molecular formula is C9H15NO5. The summed E-state index contributed by atoms with van der Waals surface area (Å²) in [4.78, 5) is 32.5. The topological polar surface area (TPSA) is 92.7 Å². The maximum absolute atomic E-state index is 11.2. The summed E-state index contributed by atoms with van der Waals surface area (Å²) in [6, 6.07) is -0.804. The van der Waals surface area contributed by atoms with Gasteiger partial charge >= 0.3 is 11.9 Å². The summed E-state index contributed by atoms with van der Waals surface area (Å²) in [6.07, 6.45) is -0.653. The number of hydrogen-bond donors (Lipinski definition) is 2. The number of carbonyl (C=O) groups excluding carboxylic acids is 2. The SMILES string of the molecule is COC(=O)C(NC(=O)CC(=O)O)C(C)C. The predicted octanol–water partition coefficient (Wildman–Crippen LogP) is -0.225. The van der Waals surface area contributed by atoms with Gasteiger partial charge in [-0.1, -0.05) is 13.8 Å². The van der Waals surface area contributed by atoms with Crippen molar-refractivity contribution in [2.45, 2.75) is 26.3 Å². The van der Waals surface area contributed by atoms with Gasteiger partial charge in [0.2, 0.25) is 5.91 Å². The van der Waals surface area contributed by atoms with E-state index in [2.05, 4.69) is 10.1 Å². The van der Waals surface area contributed by atoms with Gasteiger partial charge in [0.25, 0.3) is 0 Å². The van der Waals surface area contributed by atoms with E-state index < -0.39 is 30.3 Å². The highest BCUT2D eigenvalue weighted by atomic mass is 16.5. The second kappa shape index (κ2) is 6.00. The first-order valence-corrected chi connectivity index (χ1v) is 4.47. The maximum atomic E-state index is 11.2. The molecule has 86 valence electrons. The van der Waals surface area contributed by atoms with Gasteiger partial charge in [-0.25, -0.2) is 4.79 Å². The Bertz CT molecular complexity index is 261. The molecule has 0 radical (unpaired) electrons. The highest BCUT2D eigenvalue weighted by Crippen LogP contribution is 2.03. The smallest absolute Gasteiger partial charge is 0.328 e. The lowest BCUT2D eigenvalue weighted by molar-refractivity contribution is -0.148. The van der Waals surface area contributed by atoms with Crippen LogP contribution in [0, 0.1) is 5.92 Å². The summed E-state index contributed by atoms with van der Waals surface area (Å²) >= 11 is 0. The standard InChI is InChI=1S/C9H15NO5/c1-5(2)8(9(14)15-3)10-6(11)4-7(12)13/h5,8H,4H2,1-3H3,(H,10,11)(H,12,13). The van der Waals surface area contributed by atoms with Crippen molar-refractivity contribution < 1.29 is 24.2 Å². The van der Waals surface area contributed by atoms with E-state index in [0.717, 1.165) is 0 Å². The molecule has 0 aliphatic rings. The van der Waals surface area contributed by atoms with Gasteiger partial charge in [0, 0.05) is 0 Å². The van der Waals surface area contributed by atoms with Crippen molar-refractivity contribution in [2.24, 2.45) is 5.92 Å². The van der Waals surface area contributed by atoms with E-state index in [4.69, 9.17) is 5.11 Å². The Labute approximate surface area is 87.6 Å². The van der Waals surface area contributed by atoms with Crippen molar-refractivity contribution in [3.05, 3.63) is 0 Å². The molecule has 0 bridgehead atoms. The van der Waals surface area contributed by atoms with Crippen LogP contribution in [-0.2, 0) is 19.1 Å². The highest BCUT2D eigenvalue weighted by Gasteiger charge is 2.25. The van der Waals surface area contributed by atoms with Crippen molar-refractivity contribution in [2.75, 3.05) is 7.11 Å². The van der Waals surface area contributed by atoms with Crippen molar-refractivity contribution in [1.29, 1.82) is 0 Å². The Morgan fingerprint density at radius 2 is 1.87 bits per heavy atom. The van der Waals surface area contributed by atoms with E-state index in [1.54, 1.807) is 13.8 Å². The number of hydrogen-bond acceptors (Lipinski definition) is 4. The van der Waals surface area contributed by atoms with Gasteiger partial charge in [-0.2, -0.15) is 0 Å². The first kappa shape index (κ1) is 13.4. The molecule has 6 nitrogen and oxygen atoms in total. The van der Waals surface area contributed by atoms with E-state index in [-0.39, 0.29) is 5.92 Å². The first-order chi connectivity index (χ1) is 6.88. The van der Waals surface area contributed by atoms with Crippen molar-refractivity contribution in [3.8, 4) is 0 Å². The third-order valence-electron chi connectivity index (χ3n) is 1.75. The number of rotatable bonds is 5. The molecule has 1 atom stereocenters. The van der Waals surface area contributed by atoms with Crippen LogP contribution < -0.4 is 5.32 Å². The van der Waals surface area contributed by atoms with Crippen LogP contribution in [0.1, 0.15) is 20.3 Å². The lowest BCUT2D eigenvalue weighted by atomic mass is 10.0. The van der Waals surface area contributed by atoms with Gasteiger partial charge in [-0.05, 0) is 5.92 Å². The van der Waals surface area contributed by atoms with Crippen molar-refractivity contribution in [3.63, 3.8) is 0 Å². The Morgan fingerprint density at radius 1 is 1.33 bits per heavy atom. The average Bonchev–Trinajstić information content (AvgIpc) is 2.11. The van der Waals surface area contributed by atoms with Gasteiger partial charge < -0.3 is 15.2 Å². The fraction of sp³-hybridized carbons (Fsp3) is 0.667. The largest absolute Gasteiger partial charge is 0.481 e. The molecule has 6 heteroatoms. The fourth-order valence-electron chi connectivity index (χ4n) is 0.987. The molecule has 0 aliphatic carbocycles. The second-order valence-corrected chi connectivity index (χ2v) is 3.38. The van der Waals surface area contributed by atoms with Crippen LogP contribution in [0.4, 0.5) is 0 Å². The molecule has 0 fully saturated rings. The Kier molecular flexibility index (Phi) is 5.36.